The fourth-order valence-electron chi connectivity index (χ4n) is 4.63. The highest BCUT2D eigenvalue weighted by Gasteiger charge is 2.22. The van der Waals surface area contributed by atoms with Gasteiger partial charge in [-0.2, -0.15) is 0 Å². The molecule has 0 aliphatic carbocycles. The second kappa shape index (κ2) is 31.3. The van der Waals surface area contributed by atoms with Gasteiger partial charge in [0.15, 0.2) is 6.10 Å². The van der Waals surface area contributed by atoms with Crippen LogP contribution in [-0.4, -0.2) is 52.3 Å². The van der Waals surface area contributed by atoms with Gasteiger partial charge in [-0.25, -0.2) is 4.57 Å². The Morgan fingerprint density at radius 2 is 1.36 bits per heavy atom. The number of carbonyl (C=O) groups excluding carboxylic acids is 2. The lowest BCUT2D eigenvalue weighted by Crippen LogP contribution is -2.29. The second-order valence-corrected chi connectivity index (χ2v) is 13.8. The molecule has 3 N–H and O–H groups in total. The number of hydrogen-bond acceptors (Lipinski definition) is 7. The van der Waals surface area contributed by atoms with Crippen molar-refractivity contribution in [1.29, 1.82) is 0 Å². The van der Waals surface area contributed by atoms with Gasteiger partial charge >= 0.3 is 19.8 Å². The van der Waals surface area contributed by atoms with E-state index in [1.165, 1.54) is 51.4 Å². The normalized spacial score (nSPS) is 13.9. The molecule has 0 aromatic rings. The molecule has 0 unspecified atom stereocenters. The van der Waals surface area contributed by atoms with Gasteiger partial charge in [-0.3, -0.25) is 14.1 Å². The number of phosphoric acid groups is 1. The second-order valence-electron chi connectivity index (χ2n) is 12.5. The van der Waals surface area contributed by atoms with Gasteiger partial charge in [-0.05, 0) is 50.9 Å². The van der Waals surface area contributed by atoms with Crippen LogP contribution in [0.4, 0.5) is 0 Å². The topological polar surface area (TPSA) is 140 Å². The summed E-state index contributed by atoms with van der Waals surface area (Å²) in [5.41, 5.74) is 0. The van der Waals surface area contributed by atoms with Gasteiger partial charge in [0.05, 0.1) is 12.7 Å². The highest BCUT2D eigenvalue weighted by molar-refractivity contribution is 7.46. The number of allylic oxidation sites excluding steroid dienone is 6. The zero-order valence-corrected chi connectivity index (χ0v) is 30.3. The predicted molar refractivity (Wildman–Crippen MR) is 190 cm³/mol. The van der Waals surface area contributed by atoms with E-state index in [0.717, 1.165) is 38.0 Å². The molecule has 0 heterocycles. The minimum absolute atomic E-state index is 0.156. The van der Waals surface area contributed by atoms with Crippen molar-refractivity contribution in [3.63, 3.8) is 0 Å². The van der Waals surface area contributed by atoms with Gasteiger partial charge in [0.1, 0.15) is 6.61 Å². The van der Waals surface area contributed by atoms with Crippen LogP contribution >= 0.6 is 7.82 Å². The van der Waals surface area contributed by atoms with Crippen molar-refractivity contribution in [3.05, 3.63) is 48.6 Å². The zero-order chi connectivity index (χ0) is 35.0. The molecule has 0 aliphatic heterocycles. The Labute approximate surface area is 285 Å². The number of phosphoric ester groups is 1. The summed E-state index contributed by atoms with van der Waals surface area (Å²) in [5, 5.41) is 10.00. The molecule has 0 spiro atoms. The molecule has 272 valence electrons. The number of aliphatic hydroxyl groups excluding tert-OH is 1. The highest BCUT2D eigenvalue weighted by Crippen LogP contribution is 2.36. The zero-order valence-electron chi connectivity index (χ0n) is 29.4. The maximum atomic E-state index is 12.3. The SMILES string of the molecule is CCCCC/C=C\C=C/[C@@H](O)C/C=C\C/C=C/CCCC(=O)OC[C@H](COP(=O)(O)O)OC(=O)CCCCCCCCCCC(C)C. The van der Waals surface area contributed by atoms with Crippen LogP contribution in [0.2, 0.25) is 0 Å². The largest absolute Gasteiger partial charge is 0.469 e. The van der Waals surface area contributed by atoms with Gasteiger partial charge in [0.2, 0.25) is 0 Å². The van der Waals surface area contributed by atoms with Crippen LogP contribution in [0, 0.1) is 5.92 Å². The molecular weight excluding hydrogens is 619 g/mol. The number of rotatable bonds is 31. The maximum Gasteiger partial charge on any atom is 0.469 e. The molecule has 2 atom stereocenters. The van der Waals surface area contributed by atoms with Gasteiger partial charge in [0, 0.05) is 12.8 Å². The molecule has 0 bridgehead atoms. The molecule has 10 heteroatoms. The Morgan fingerprint density at radius 1 is 0.723 bits per heavy atom. The van der Waals surface area contributed by atoms with Gasteiger partial charge < -0.3 is 24.4 Å². The lowest BCUT2D eigenvalue weighted by atomic mass is 10.0. The molecule has 0 aromatic heterocycles. The van der Waals surface area contributed by atoms with E-state index < -0.39 is 38.6 Å². The standard InChI is InChI=1S/C37H65O9P/c1-4-5-6-7-11-17-22-27-34(38)28-23-18-13-10-15-19-24-29-36(39)44-31-35(32-45-47(41,42)43)46-37(40)30-25-20-14-9-8-12-16-21-26-33(2)3/h10-11,15,17-18,22-23,27,33-35,38H,4-9,12-14,16,19-21,24-26,28-32H2,1-3H3,(H2,41,42,43)/b15-10+,17-11-,23-18-,27-22-/t34-,35-/m1/s1. The Balaban J connectivity index is 4.17. The number of hydrogen-bond donors (Lipinski definition) is 3. The molecule has 0 radical (unpaired) electrons. The van der Waals surface area contributed by atoms with Gasteiger partial charge in [-0.15, -0.1) is 0 Å². The fourth-order valence-corrected chi connectivity index (χ4v) is 4.99. The fraction of sp³-hybridized carbons (Fsp3) is 0.730. The van der Waals surface area contributed by atoms with E-state index in [0.29, 0.717) is 25.7 Å². The number of esters is 2. The molecule has 0 aliphatic rings. The molecule has 0 amide bonds. The molecule has 47 heavy (non-hydrogen) atoms. The highest BCUT2D eigenvalue weighted by atomic mass is 31.2. The van der Waals surface area contributed by atoms with E-state index in [1.54, 1.807) is 6.08 Å². The van der Waals surface area contributed by atoms with Crippen LogP contribution in [0.3, 0.4) is 0 Å². The number of unbranched alkanes of at least 4 members (excludes halogenated alkanes) is 11. The van der Waals surface area contributed by atoms with Gasteiger partial charge in [0.25, 0.3) is 0 Å². The summed E-state index contributed by atoms with van der Waals surface area (Å²) in [7, 11) is -4.77. The van der Waals surface area contributed by atoms with Crippen LogP contribution in [-0.2, 0) is 28.2 Å². The Hall–Kier alpha value is -2.03. The van der Waals surface area contributed by atoms with Crippen LogP contribution in [0.15, 0.2) is 48.6 Å². The maximum absolute atomic E-state index is 12.3. The minimum Gasteiger partial charge on any atom is -0.462 e. The Kier molecular flexibility index (Phi) is 29.9. The van der Waals surface area contributed by atoms with Crippen LogP contribution < -0.4 is 0 Å². The summed E-state index contributed by atoms with van der Waals surface area (Å²) in [6, 6.07) is 0. The predicted octanol–water partition coefficient (Wildman–Crippen LogP) is 9.22. The Bertz CT molecular complexity index is 936. The van der Waals surface area contributed by atoms with E-state index in [4.69, 9.17) is 19.3 Å². The van der Waals surface area contributed by atoms with Crippen molar-refractivity contribution >= 4 is 19.8 Å². The number of ether oxygens (including phenoxy) is 2. The summed E-state index contributed by atoms with van der Waals surface area (Å²) in [4.78, 5) is 42.6. The molecule has 9 nitrogen and oxygen atoms in total. The van der Waals surface area contributed by atoms with Crippen LogP contribution in [0.1, 0.15) is 143 Å². The summed E-state index contributed by atoms with van der Waals surface area (Å²) < 4.78 is 26.2. The third-order valence-electron chi connectivity index (χ3n) is 7.36. The van der Waals surface area contributed by atoms with Crippen molar-refractivity contribution in [2.24, 2.45) is 5.92 Å². The third-order valence-corrected chi connectivity index (χ3v) is 7.84. The first kappa shape index (κ1) is 45.0. The molecule has 0 fully saturated rings. The monoisotopic (exact) mass is 684 g/mol. The third kappa shape index (κ3) is 35.1. The van der Waals surface area contributed by atoms with E-state index in [1.807, 2.05) is 36.5 Å². The van der Waals surface area contributed by atoms with Gasteiger partial charge in [-0.1, -0.05) is 134 Å². The summed E-state index contributed by atoms with van der Waals surface area (Å²) in [6.45, 7) is 5.77. The minimum atomic E-state index is -4.77. The average Bonchev–Trinajstić information content (AvgIpc) is 3.01. The molecule has 0 saturated heterocycles. The average molecular weight is 685 g/mol. The van der Waals surface area contributed by atoms with E-state index in [2.05, 4.69) is 31.4 Å². The van der Waals surface area contributed by atoms with Crippen molar-refractivity contribution in [2.45, 2.75) is 155 Å². The van der Waals surface area contributed by atoms with E-state index >= 15 is 0 Å². The van der Waals surface area contributed by atoms with E-state index in [9.17, 15) is 19.3 Å². The smallest absolute Gasteiger partial charge is 0.462 e. The first-order chi connectivity index (χ1) is 22.5. The summed E-state index contributed by atoms with van der Waals surface area (Å²) in [5.74, 6) is -0.238. The van der Waals surface area contributed by atoms with Crippen molar-refractivity contribution in [1.82, 2.24) is 0 Å². The Morgan fingerprint density at radius 3 is 2.04 bits per heavy atom. The molecule has 0 aromatic carbocycles. The lowest BCUT2D eigenvalue weighted by Gasteiger charge is -2.18. The quantitative estimate of drug-likeness (QED) is 0.0214. The number of carbonyl (C=O) groups is 2. The molecular formula is C37H65O9P. The molecule has 0 saturated carbocycles. The van der Waals surface area contributed by atoms with Crippen LogP contribution in [0.5, 0.6) is 0 Å². The van der Waals surface area contributed by atoms with Crippen molar-refractivity contribution < 1.29 is 43.0 Å². The first-order valence-corrected chi connectivity index (χ1v) is 19.4. The summed E-state index contributed by atoms with van der Waals surface area (Å²) in [6.07, 6.45) is 31.7. The van der Waals surface area contributed by atoms with E-state index in [-0.39, 0.29) is 19.4 Å². The van der Waals surface area contributed by atoms with Crippen molar-refractivity contribution in [3.8, 4) is 0 Å². The lowest BCUT2D eigenvalue weighted by molar-refractivity contribution is -0.161. The molecule has 0 rings (SSSR count). The number of aliphatic hydroxyl groups is 1. The first-order valence-electron chi connectivity index (χ1n) is 17.9. The van der Waals surface area contributed by atoms with Crippen molar-refractivity contribution in [2.75, 3.05) is 13.2 Å². The van der Waals surface area contributed by atoms with Crippen LogP contribution in [0.25, 0.3) is 0 Å². The summed E-state index contributed by atoms with van der Waals surface area (Å²) >= 11 is 0.